The monoisotopic (exact) mass is 405 g/mol. The van der Waals surface area contributed by atoms with E-state index in [2.05, 4.69) is 5.32 Å². The minimum atomic E-state index is -1.18. The molecule has 4 aromatic rings. The molecule has 152 valence electrons. The second-order valence-electron chi connectivity index (χ2n) is 7.16. The largest absolute Gasteiger partial charge is 0.478 e. The van der Waals surface area contributed by atoms with Crippen LogP contribution in [0.2, 0.25) is 0 Å². The van der Waals surface area contributed by atoms with Crippen molar-refractivity contribution in [1.29, 1.82) is 0 Å². The molecule has 0 aliphatic carbocycles. The van der Waals surface area contributed by atoms with Crippen LogP contribution in [0, 0.1) is 20.8 Å². The Bertz CT molecular complexity index is 1390. The van der Waals surface area contributed by atoms with E-state index in [0.29, 0.717) is 27.7 Å². The molecule has 0 spiro atoms. The molecule has 0 aliphatic rings. The molecule has 2 aromatic carbocycles. The molecule has 30 heavy (non-hydrogen) atoms. The number of fused-ring (bicyclic) bond motifs is 2. The van der Waals surface area contributed by atoms with Crippen molar-refractivity contribution in [3.63, 3.8) is 0 Å². The first kappa shape index (κ1) is 19.4. The van der Waals surface area contributed by atoms with Gasteiger partial charge in [0.2, 0.25) is 0 Å². The van der Waals surface area contributed by atoms with Crippen LogP contribution in [-0.4, -0.2) is 17.0 Å². The summed E-state index contributed by atoms with van der Waals surface area (Å²) in [5, 5.41) is 13.6. The third-order valence-electron chi connectivity index (χ3n) is 5.33. The van der Waals surface area contributed by atoms with Crippen LogP contribution >= 0.6 is 0 Å². The lowest BCUT2D eigenvalue weighted by Gasteiger charge is -2.10. The van der Waals surface area contributed by atoms with Gasteiger partial charge in [-0.2, -0.15) is 0 Å². The number of hydrogen-bond acceptors (Lipinski definition) is 5. The van der Waals surface area contributed by atoms with Crippen LogP contribution in [0.25, 0.3) is 21.9 Å². The highest BCUT2D eigenvalue weighted by molar-refractivity contribution is 6.05. The fraction of sp³-hybridized carbons (Fsp3) is 0.174. The number of nitrogens with one attached hydrogen (secondary N) is 1. The third-order valence-corrected chi connectivity index (χ3v) is 5.33. The predicted octanol–water partition coefficient (Wildman–Crippen LogP) is 4.09. The van der Waals surface area contributed by atoms with Crippen LogP contribution < -0.4 is 10.9 Å². The molecule has 0 fully saturated rings. The number of furan rings is 1. The molecule has 7 heteroatoms. The zero-order valence-electron chi connectivity index (χ0n) is 16.7. The van der Waals surface area contributed by atoms with E-state index in [1.54, 1.807) is 12.1 Å². The van der Waals surface area contributed by atoms with Gasteiger partial charge in [0.25, 0.3) is 5.91 Å². The average molecular weight is 405 g/mol. The van der Waals surface area contributed by atoms with Crippen molar-refractivity contribution in [1.82, 2.24) is 5.32 Å². The molecule has 0 unspecified atom stereocenters. The van der Waals surface area contributed by atoms with Gasteiger partial charge in [-0.05, 0) is 50.1 Å². The lowest BCUT2D eigenvalue weighted by atomic mass is 10.0. The maximum absolute atomic E-state index is 12.6. The van der Waals surface area contributed by atoms with E-state index in [0.717, 1.165) is 16.7 Å². The molecule has 0 atom stereocenters. The first-order valence-corrected chi connectivity index (χ1v) is 9.34. The Labute approximate surface area is 170 Å². The number of aryl methyl sites for hydroxylation is 3. The lowest BCUT2D eigenvalue weighted by Crippen LogP contribution is -2.25. The van der Waals surface area contributed by atoms with Gasteiger partial charge in [-0.25, -0.2) is 9.59 Å². The second-order valence-corrected chi connectivity index (χ2v) is 7.16. The number of hydrogen-bond donors (Lipinski definition) is 2. The Hall–Kier alpha value is -3.87. The zero-order valence-corrected chi connectivity index (χ0v) is 16.7. The first-order chi connectivity index (χ1) is 14.3. The Morgan fingerprint density at radius 3 is 2.30 bits per heavy atom. The maximum atomic E-state index is 12.6. The Morgan fingerprint density at radius 1 is 0.933 bits per heavy atom. The van der Waals surface area contributed by atoms with E-state index in [1.807, 2.05) is 26.8 Å². The summed E-state index contributed by atoms with van der Waals surface area (Å²) in [6.45, 7) is 5.68. The van der Waals surface area contributed by atoms with E-state index >= 15 is 0 Å². The van der Waals surface area contributed by atoms with Gasteiger partial charge in [0.1, 0.15) is 16.9 Å². The number of carboxylic acid groups (broad SMARTS) is 1. The van der Waals surface area contributed by atoms with E-state index < -0.39 is 17.5 Å². The summed E-state index contributed by atoms with van der Waals surface area (Å²) in [5.74, 6) is -0.941. The maximum Gasteiger partial charge on any atom is 0.336 e. The fourth-order valence-electron chi connectivity index (χ4n) is 3.62. The zero-order chi connectivity index (χ0) is 21.6. The standard InChI is InChI=1S/C23H19NO6/c1-11-13(3)29-20-12(2)21-18(9-17(11)20)14(8-19(25)30-21)10-24-22(26)15-6-4-5-7-16(15)23(27)28/h4-9H,10H2,1-3H3,(H,24,26)(H,27,28). The average Bonchev–Trinajstić information content (AvgIpc) is 3.01. The summed E-state index contributed by atoms with van der Waals surface area (Å²) in [6.07, 6.45) is 0. The van der Waals surface area contributed by atoms with Crippen molar-refractivity contribution in [3.8, 4) is 0 Å². The molecule has 0 bridgehead atoms. The van der Waals surface area contributed by atoms with Gasteiger partial charge in [0.15, 0.2) is 0 Å². The van der Waals surface area contributed by atoms with Crippen molar-refractivity contribution in [3.05, 3.63) is 80.4 Å². The van der Waals surface area contributed by atoms with E-state index in [4.69, 9.17) is 8.83 Å². The molecule has 0 saturated carbocycles. The number of carbonyl (C=O) groups excluding carboxylic acids is 1. The van der Waals surface area contributed by atoms with Gasteiger partial charge in [-0.1, -0.05) is 12.1 Å². The Balaban J connectivity index is 1.77. The third kappa shape index (κ3) is 3.14. The molecule has 1 amide bonds. The van der Waals surface area contributed by atoms with E-state index in [1.165, 1.54) is 18.2 Å². The number of rotatable bonds is 4. The molecule has 7 nitrogen and oxygen atoms in total. The van der Waals surface area contributed by atoms with Crippen molar-refractivity contribution < 1.29 is 23.5 Å². The molecule has 2 heterocycles. The summed E-state index contributed by atoms with van der Waals surface area (Å²) < 4.78 is 11.2. The highest BCUT2D eigenvalue weighted by atomic mass is 16.4. The number of benzene rings is 2. The second kappa shape index (κ2) is 7.18. The van der Waals surface area contributed by atoms with Crippen LogP contribution in [-0.2, 0) is 6.54 Å². The molecule has 2 N–H and O–H groups in total. The fourth-order valence-corrected chi connectivity index (χ4v) is 3.62. The van der Waals surface area contributed by atoms with Crippen LogP contribution in [0.4, 0.5) is 0 Å². The summed E-state index contributed by atoms with van der Waals surface area (Å²) in [6, 6.07) is 9.19. The van der Waals surface area contributed by atoms with E-state index in [-0.39, 0.29) is 17.7 Å². The summed E-state index contributed by atoms with van der Waals surface area (Å²) >= 11 is 0. The summed E-state index contributed by atoms with van der Waals surface area (Å²) in [5.41, 5.74) is 2.76. The SMILES string of the molecule is Cc1oc2c(C)c3oc(=O)cc(CNC(=O)c4ccccc4C(=O)O)c3cc2c1C. The molecular weight excluding hydrogens is 386 g/mol. The van der Waals surface area contributed by atoms with Crippen LogP contribution in [0.1, 0.15) is 43.2 Å². The molecule has 2 aromatic heterocycles. The van der Waals surface area contributed by atoms with Gasteiger partial charge < -0.3 is 19.3 Å². The first-order valence-electron chi connectivity index (χ1n) is 9.34. The number of carboxylic acids is 1. The molecule has 0 saturated heterocycles. The van der Waals surface area contributed by atoms with Crippen LogP contribution in [0.5, 0.6) is 0 Å². The van der Waals surface area contributed by atoms with Crippen molar-refractivity contribution in [2.24, 2.45) is 0 Å². The van der Waals surface area contributed by atoms with Crippen molar-refractivity contribution in [2.75, 3.05) is 0 Å². The number of carbonyl (C=O) groups is 2. The van der Waals surface area contributed by atoms with Crippen molar-refractivity contribution in [2.45, 2.75) is 27.3 Å². The molecule has 4 rings (SSSR count). The van der Waals surface area contributed by atoms with Gasteiger partial charge in [-0.15, -0.1) is 0 Å². The quantitative estimate of drug-likeness (QED) is 0.495. The summed E-state index contributed by atoms with van der Waals surface area (Å²) in [7, 11) is 0. The summed E-state index contributed by atoms with van der Waals surface area (Å²) in [4.78, 5) is 36.1. The highest BCUT2D eigenvalue weighted by Gasteiger charge is 2.19. The van der Waals surface area contributed by atoms with Gasteiger partial charge in [-0.3, -0.25) is 4.79 Å². The lowest BCUT2D eigenvalue weighted by molar-refractivity contribution is 0.0691. The number of amides is 1. The van der Waals surface area contributed by atoms with E-state index in [9.17, 15) is 19.5 Å². The van der Waals surface area contributed by atoms with Gasteiger partial charge >= 0.3 is 11.6 Å². The minimum Gasteiger partial charge on any atom is -0.478 e. The molecular formula is C23H19NO6. The normalized spacial score (nSPS) is 11.2. The van der Waals surface area contributed by atoms with Crippen LogP contribution in [0.15, 0.2) is 50.0 Å². The predicted molar refractivity (Wildman–Crippen MR) is 111 cm³/mol. The van der Waals surface area contributed by atoms with Gasteiger partial charge in [0.05, 0.1) is 11.1 Å². The Kier molecular flexibility index (Phi) is 4.66. The highest BCUT2D eigenvalue weighted by Crippen LogP contribution is 2.33. The number of aromatic carboxylic acids is 1. The minimum absolute atomic E-state index is 0.0374. The van der Waals surface area contributed by atoms with Gasteiger partial charge in [0, 0.05) is 28.9 Å². The Morgan fingerprint density at radius 2 is 1.60 bits per heavy atom. The smallest absolute Gasteiger partial charge is 0.336 e. The van der Waals surface area contributed by atoms with Crippen LogP contribution in [0.3, 0.4) is 0 Å². The van der Waals surface area contributed by atoms with Crippen molar-refractivity contribution >= 4 is 33.8 Å². The molecule has 0 radical (unpaired) electrons. The topological polar surface area (TPSA) is 110 Å². The molecule has 0 aliphatic heterocycles.